The molecule has 1 N–H and O–H groups in total. The van der Waals surface area contributed by atoms with Gasteiger partial charge in [0.25, 0.3) is 5.91 Å². The van der Waals surface area contributed by atoms with Crippen LogP contribution in [0.15, 0.2) is 47.4 Å². The zero-order valence-corrected chi connectivity index (χ0v) is 17.0. The van der Waals surface area contributed by atoms with Gasteiger partial charge in [-0.25, -0.2) is 0 Å². The highest BCUT2D eigenvalue weighted by Crippen LogP contribution is 2.38. The Bertz CT molecular complexity index is 900. The second kappa shape index (κ2) is 8.78. The van der Waals surface area contributed by atoms with Crippen LogP contribution in [0.1, 0.15) is 18.1 Å². The zero-order valence-electron chi connectivity index (χ0n) is 14.6. The first-order valence-corrected chi connectivity index (χ1v) is 10.0. The van der Waals surface area contributed by atoms with E-state index in [4.69, 9.17) is 28.6 Å². The minimum absolute atomic E-state index is 0.105. The topological polar surface area (TPSA) is 49.8 Å². The number of nitrogens with zero attached hydrogens (tertiary/aromatic N) is 1. The molecule has 0 bridgehead atoms. The molecule has 0 unspecified atom stereocenters. The van der Waals surface area contributed by atoms with Crippen molar-refractivity contribution in [3.05, 3.63) is 63.5 Å². The van der Waals surface area contributed by atoms with Crippen LogP contribution in [0.5, 0.6) is 11.5 Å². The van der Waals surface area contributed by atoms with Crippen LogP contribution in [0.4, 0.5) is 0 Å². The van der Waals surface area contributed by atoms with Crippen molar-refractivity contribution in [3.63, 3.8) is 0 Å². The molecule has 2 aromatic rings. The predicted molar refractivity (Wildman–Crippen MR) is 114 cm³/mol. The fourth-order valence-electron chi connectivity index (χ4n) is 2.67. The number of phenolic OH excluding ortho intramolecular Hbond substituents is 1. The van der Waals surface area contributed by atoms with Crippen molar-refractivity contribution >= 4 is 51.9 Å². The number of hydrogen-bond donors (Lipinski definition) is 1. The van der Waals surface area contributed by atoms with Crippen molar-refractivity contribution in [2.45, 2.75) is 13.3 Å². The highest BCUT2D eigenvalue weighted by molar-refractivity contribution is 8.26. The third kappa shape index (κ3) is 4.64. The summed E-state index contributed by atoms with van der Waals surface area (Å²) in [6.07, 6.45) is 2.45. The molecule has 2 aromatic carbocycles. The molecule has 27 heavy (non-hydrogen) atoms. The Balaban J connectivity index is 1.78. The fourth-order valence-corrected chi connectivity index (χ4v) is 4.20. The third-order valence-electron chi connectivity index (χ3n) is 3.99. The van der Waals surface area contributed by atoms with Gasteiger partial charge in [-0.3, -0.25) is 9.69 Å². The Kier molecular flexibility index (Phi) is 6.42. The Labute approximate surface area is 172 Å². The number of rotatable bonds is 6. The van der Waals surface area contributed by atoms with Crippen molar-refractivity contribution < 1.29 is 14.6 Å². The van der Waals surface area contributed by atoms with Gasteiger partial charge in [0.1, 0.15) is 4.32 Å². The van der Waals surface area contributed by atoms with E-state index < -0.39 is 0 Å². The van der Waals surface area contributed by atoms with Crippen molar-refractivity contribution in [1.29, 1.82) is 0 Å². The molecule has 0 aromatic heterocycles. The number of halogens is 1. The molecule has 1 saturated heterocycles. The summed E-state index contributed by atoms with van der Waals surface area (Å²) in [4.78, 5) is 14.9. The summed E-state index contributed by atoms with van der Waals surface area (Å²) in [5.41, 5.74) is 1.83. The summed E-state index contributed by atoms with van der Waals surface area (Å²) >= 11 is 12.7. The van der Waals surface area contributed by atoms with Crippen molar-refractivity contribution in [2.24, 2.45) is 0 Å². The normalized spacial score (nSPS) is 15.6. The molecule has 0 atom stereocenters. The molecule has 140 valence electrons. The number of benzene rings is 2. The minimum atomic E-state index is -0.122. The van der Waals surface area contributed by atoms with Gasteiger partial charge in [-0.1, -0.05) is 65.9 Å². The lowest BCUT2D eigenvalue weighted by atomic mass is 10.1. The maximum absolute atomic E-state index is 12.7. The van der Waals surface area contributed by atoms with E-state index in [-0.39, 0.29) is 22.4 Å². The first kappa shape index (κ1) is 19.7. The van der Waals surface area contributed by atoms with E-state index in [0.29, 0.717) is 27.9 Å². The summed E-state index contributed by atoms with van der Waals surface area (Å²) in [6.45, 7) is 2.75. The molecule has 1 aliphatic rings. The molecular formula is C20H18ClNO3S2. The average Bonchev–Trinajstić information content (AvgIpc) is 2.92. The molecule has 4 nitrogen and oxygen atoms in total. The maximum Gasteiger partial charge on any atom is 0.266 e. The Hall–Kier alpha value is -2.02. The number of thioether (sulfide) groups is 1. The van der Waals surface area contributed by atoms with Crippen LogP contribution in [0.2, 0.25) is 5.02 Å². The van der Waals surface area contributed by atoms with Gasteiger partial charge in [0.05, 0.1) is 16.5 Å². The fraction of sp³-hybridized carbons (Fsp3) is 0.200. The monoisotopic (exact) mass is 419 g/mol. The first-order valence-electron chi connectivity index (χ1n) is 8.44. The van der Waals surface area contributed by atoms with Gasteiger partial charge < -0.3 is 9.84 Å². The van der Waals surface area contributed by atoms with E-state index in [9.17, 15) is 9.90 Å². The smallest absolute Gasteiger partial charge is 0.266 e. The molecule has 1 fully saturated rings. The van der Waals surface area contributed by atoms with Crippen LogP contribution in [-0.4, -0.2) is 33.4 Å². The van der Waals surface area contributed by atoms with Crippen molar-refractivity contribution in [2.75, 3.05) is 13.2 Å². The number of carbonyl (C=O) groups excluding carboxylic acids is 1. The molecular weight excluding hydrogens is 402 g/mol. The number of thiocarbonyl (C=S) groups is 1. The third-order valence-corrected chi connectivity index (χ3v) is 5.65. The number of aromatic hydroxyl groups is 1. The standard InChI is InChI=1S/C20H18ClNO3S2/c1-2-25-16-11-14(10-15(21)18(16)23)12-17-19(24)22(20(26)27-17)9-8-13-6-4-3-5-7-13/h3-7,10-12,23H,2,8-9H2,1H3. The van der Waals surface area contributed by atoms with Crippen LogP contribution in [-0.2, 0) is 11.2 Å². The number of amides is 1. The summed E-state index contributed by atoms with van der Waals surface area (Å²) in [6, 6.07) is 13.2. The van der Waals surface area contributed by atoms with E-state index in [1.165, 1.54) is 11.8 Å². The number of carbonyl (C=O) groups is 1. The SMILES string of the molecule is CCOc1cc(C=C2SC(=S)N(CCc3ccccc3)C2=O)cc(Cl)c1O. The molecule has 0 radical (unpaired) electrons. The maximum atomic E-state index is 12.7. The largest absolute Gasteiger partial charge is 0.503 e. The van der Waals surface area contributed by atoms with Gasteiger partial charge in [0.15, 0.2) is 11.5 Å². The van der Waals surface area contributed by atoms with Crippen LogP contribution in [0, 0.1) is 0 Å². The van der Waals surface area contributed by atoms with E-state index in [2.05, 4.69) is 0 Å². The Morgan fingerprint density at radius 1 is 1.30 bits per heavy atom. The second-order valence-electron chi connectivity index (χ2n) is 5.85. The quantitative estimate of drug-likeness (QED) is 0.533. The molecule has 1 aliphatic heterocycles. The van der Waals surface area contributed by atoms with Crippen LogP contribution < -0.4 is 4.74 Å². The van der Waals surface area contributed by atoms with Gasteiger partial charge in [0, 0.05) is 6.54 Å². The Morgan fingerprint density at radius 3 is 2.74 bits per heavy atom. The van der Waals surface area contributed by atoms with Gasteiger partial charge >= 0.3 is 0 Å². The van der Waals surface area contributed by atoms with Crippen LogP contribution in [0.3, 0.4) is 0 Å². The van der Waals surface area contributed by atoms with Gasteiger partial charge in [0.2, 0.25) is 0 Å². The average molecular weight is 420 g/mol. The van der Waals surface area contributed by atoms with E-state index >= 15 is 0 Å². The van der Waals surface area contributed by atoms with Crippen molar-refractivity contribution in [1.82, 2.24) is 4.90 Å². The van der Waals surface area contributed by atoms with Crippen LogP contribution >= 0.6 is 35.6 Å². The number of phenols is 1. The highest BCUT2D eigenvalue weighted by Gasteiger charge is 2.31. The molecule has 7 heteroatoms. The number of ether oxygens (including phenoxy) is 1. The van der Waals surface area contributed by atoms with E-state index in [0.717, 1.165) is 12.0 Å². The molecule has 1 heterocycles. The van der Waals surface area contributed by atoms with Crippen LogP contribution in [0.25, 0.3) is 6.08 Å². The molecule has 0 aliphatic carbocycles. The lowest BCUT2D eigenvalue weighted by Gasteiger charge is -2.14. The van der Waals surface area contributed by atoms with E-state index in [1.807, 2.05) is 37.3 Å². The second-order valence-corrected chi connectivity index (χ2v) is 7.93. The summed E-state index contributed by atoms with van der Waals surface area (Å²) < 4.78 is 5.93. The van der Waals surface area contributed by atoms with E-state index in [1.54, 1.807) is 23.1 Å². The molecule has 3 rings (SSSR count). The van der Waals surface area contributed by atoms with Crippen molar-refractivity contribution in [3.8, 4) is 11.5 Å². The molecule has 1 amide bonds. The lowest BCUT2D eigenvalue weighted by molar-refractivity contribution is -0.122. The molecule has 0 saturated carbocycles. The predicted octanol–water partition coefficient (Wildman–Crippen LogP) is 4.89. The van der Waals surface area contributed by atoms with Gasteiger partial charge in [-0.15, -0.1) is 0 Å². The highest BCUT2D eigenvalue weighted by atomic mass is 35.5. The van der Waals surface area contributed by atoms with Gasteiger partial charge in [-0.2, -0.15) is 0 Å². The summed E-state index contributed by atoms with van der Waals surface area (Å²) in [5.74, 6) is 0.0602. The van der Waals surface area contributed by atoms with Gasteiger partial charge in [-0.05, 0) is 42.7 Å². The lowest BCUT2D eigenvalue weighted by Crippen LogP contribution is -2.30. The first-order chi connectivity index (χ1) is 13.0. The number of hydrogen-bond acceptors (Lipinski definition) is 5. The molecule has 0 spiro atoms. The summed E-state index contributed by atoms with van der Waals surface area (Å²) in [7, 11) is 0. The summed E-state index contributed by atoms with van der Waals surface area (Å²) in [5, 5.41) is 10.1. The zero-order chi connectivity index (χ0) is 19.4. The minimum Gasteiger partial charge on any atom is -0.503 e. The Morgan fingerprint density at radius 2 is 2.04 bits per heavy atom.